The van der Waals surface area contributed by atoms with E-state index < -0.39 is 22.0 Å². The number of ether oxygens (including phenoxy) is 1. The summed E-state index contributed by atoms with van der Waals surface area (Å²) < 4.78 is 31.8. The molecule has 162 valence electrons. The number of esters is 1. The zero-order valence-corrected chi connectivity index (χ0v) is 18.4. The molecule has 1 aromatic rings. The van der Waals surface area contributed by atoms with Crippen LogP contribution in [0.2, 0.25) is 0 Å². The lowest BCUT2D eigenvalue weighted by molar-refractivity contribution is -0.146. The van der Waals surface area contributed by atoms with Gasteiger partial charge in [-0.15, -0.1) is 0 Å². The highest BCUT2D eigenvalue weighted by atomic mass is 32.2. The van der Waals surface area contributed by atoms with Crippen LogP contribution in [0.15, 0.2) is 29.2 Å². The fourth-order valence-corrected chi connectivity index (χ4v) is 4.63. The molecule has 8 nitrogen and oxygen atoms in total. The predicted octanol–water partition coefficient (Wildman–Crippen LogP) is 1.01. The van der Waals surface area contributed by atoms with Gasteiger partial charge in [-0.05, 0) is 25.0 Å². The van der Waals surface area contributed by atoms with Crippen LogP contribution in [0.3, 0.4) is 0 Å². The van der Waals surface area contributed by atoms with Crippen molar-refractivity contribution in [2.75, 3.05) is 39.8 Å². The van der Waals surface area contributed by atoms with E-state index in [1.807, 2.05) is 25.7 Å². The molecule has 0 aliphatic carbocycles. The smallest absolute Gasteiger partial charge is 0.328 e. The zero-order chi connectivity index (χ0) is 21.6. The maximum Gasteiger partial charge on any atom is 0.328 e. The van der Waals surface area contributed by atoms with E-state index in [-0.39, 0.29) is 23.3 Å². The van der Waals surface area contributed by atoms with Gasteiger partial charge in [-0.1, -0.05) is 38.0 Å². The van der Waals surface area contributed by atoms with Crippen molar-refractivity contribution < 1.29 is 22.7 Å². The number of nitrogens with zero attached hydrogens (tertiary/aromatic N) is 2. The number of piperazine rings is 1. The Hall–Kier alpha value is -1.97. The van der Waals surface area contributed by atoms with Crippen molar-refractivity contribution in [3.05, 3.63) is 29.8 Å². The molecular weight excluding hydrogens is 394 g/mol. The Bertz CT molecular complexity index is 802. The average molecular weight is 426 g/mol. The maximum atomic E-state index is 12.8. The van der Waals surface area contributed by atoms with E-state index in [0.29, 0.717) is 26.2 Å². The summed E-state index contributed by atoms with van der Waals surface area (Å²) in [6.07, 6.45) is 0.732. The topological polar surface area (TPSA) is 96.0 Å². The Labute approximate surface area is 173 Å². The number of hydrogen-bond acceptors (Lipinski definition) is 6. The largest absolute Gasteiger partial charge is 0.467 e. The highest BCUT2D eigenvalue weighted by Gasteiger charge is 2.31. The zero-order valence-electron chi connectivity index (χ0n) is 17.6. The van der Waals surface area contributed by atoms with Gasteiger partial charge in [0.25, 0.3) is 0 Å². The first-order valence-corrected chi connectivity index (χ1v) is 11.3. The second-order valence-electron chi connectivity index (χ2n) is 7.45. The van der Waals surface area contributed by atoms with E-state index >= 15 is 0 Å². The molecule has 2 atom stereocenters. The van der Waals surface area contributed by atoms with Crippen LogP contribution in [-0.2, 0) is 24.3 Å². The molecule has 1 aliphatic rings. The molecule has 0 spiro atoms. The number of sulfonamides is 1. The Morgan fingerprint density at radius 3 is 2.24 bits per heavy atom. The molecule has 1 heterocycles. The minimum Gasteiger partial charge on any atom is -0.467 e. The van der Waals surface area contributed by atoms with Gasteiger partial charge in [-0.3, -0.25) is 9.69 Å². The lowest BCUT2D eigenvalue weighted by Crippen LogP contribution is -2.53. The molecule has 1 aliphatic heterocycles. The third-order valence-corrected chi connectivity index (χ3v) is 7.25. The van der Waals surface area contributed by atoms with Gasteiger partial charge in [-0.2, -0.15) is 4.31 Å². The average Bonchev–Trinajstić information content (AvgIpc) is 2.71. The van der Waals surface area contributed by atoms with E-state index in [9.17, 15) is 18.0 Å². The summed E-state index contributed by atoms with van der Waals surface area (Å²) in [5, 5.41) is 2.75. The quantitative estimate of drug-likeness (QED) is 0.625. The number of amides is 1. The minimum absolute atomic E-state index is 0.0390. The van der Waals surface area contributed by atoms with Gasteiger partial charge in [0, 0.05) is 26.2 Å². The molecule has 1 saturated heterocycles. The molecule has 29 heavy (non-hydrogen) atoms. The number of aryl methyl sites for hydroxylation is 1. The summed E-state index contributed by atoms with van der Waals surface area (Å²) in [5.74, 6) is -0.764. The van der Waals surface area contributed by atoms with Gasteiger partial charge < -0.3 is 10.1 Å². The van der Waals surface area contributed by atoms with Crippen molar-refractivity contribution >= 4 is 21.9 Å². The molecule has 1 amide bonds. The number of carbonyl (C=O) groups is 2. The molecule has 9 heteroatoms. The summed E-state index contributed by atoms with van der Waals surface area (Å²) in [5.41, 5.74) is 1.00. The van der Waals surface area contributed by atoms with Crippen LogP contribution in [0.1, 0.15) is 25.8 Å². The van der Waals surface area contributed by atoms with Crippen molar-refractivity contribution in [2.45, 2.75) is 38.1 Å². The van der Waals surface area contributed by atoms with E-state index in [1.165, 1.54) is 11.4 Å². The number of rotatable bonds is 8. The van der Waals surface area contributed by atoms with Crippen LogP contribution in [0, 0.1) is 12.8 Å². The SMILES string of the molecule is CC[C@@H](C)[C@H](NC(=O)CN1CCN(S(=O)(=O)c2ccc(C)cc2)CC1)C(=O)OC. The van der Waals surface area contributed by atoms with Crippen molar-refractivity contribution in [3.63, 3.8) is 0 Å². The first-order valence-electron chi connectivity index (χ1n) is 9.85. The maximum absolute atomic E-state index is 12.8. The van der Waals surface area contributed by atoms with Crippen molar-refractivity contribution in [1.29, 1.82) is 0 Å². The first-order chi connectivity index (χ1) is 13.7. The molecule has 0 bridgehead atoms. The summed E-state index contributed by atoms with van der Waals surface area (Å²) in [4.78, 5) is 26.5. The lowest BCUT2D eigenvalue weighted by atomic mass is 9.99. The van der Waals surface area contributed by atoms with Gasteiger partial charge >= 0.3 is 5.97 Å². The Morgan fingerprint density at radius 1 is 1.14 bits per heavy atom. The third-order valence-electron chi connectivity index (χ3n) is 5.34. The molecule has 0 unspecified atom stereocenters. The van der Waals surface area contributed by atoms with Gasteiger partial charge in [0.1, 0.15) is 6.04 Å². The van der Waals surface area contributed by atoms with Crippen LogP contribution in [0.4, 0.5) is 0 Å². The van der Waals surface area contributed by atoms with Crippen LogP contribution in [-0.4, -0.2) is 75.4 Å². The number of hydrogen-bond donors (Lipinski definition) is 1. The second kappa shape index (κ2) is 10.2. The predicted molar refractivity (Wildman–Crippen MR) is 110 cm³/mol. The highest BCUT2D eigenvalue weighted by Crippen LogP contribution is 2.18. The van der Waals surface area contributed by atoms with Crippen LogP contribution in [0.25, 0.3) is 0 Å². The van der Waals surface area contributed by atoms with Crippen LogP contribution in [0.5, 0.6) is 0 Å². The lowest BCUT2D eigenvalue weighted by Gasteiger charge is -2.34. The van der Waals surface area contributed by atoms with E-state index in [2.05, 4.69) is 5.32 Å². The van der Waals surface area contributed by atoms with Crippen LogP contribution < -0.4 is 5.32 Å². The molecule has 0 radical (unpaired) electrons. The molecule has 1 aromatic carbocycles. The fourth-order valence-electron chi connectivity index (χ4n) is 3.21. The Balaban J connectivity index is 1.91. The minimum atomic E-state index is -3.53. The van der Waals surface area contributed by atoms with Gasteiger partial charge in [0.2, 0.25) is 15.9 Å². The number of carbonyl (C=O) groups excluding carboxylic acids is 2. The molecule has 1 fully saturated rings. The highest BCUT2D eigenvalue weighted by molar-refractivity contribution is 7.89. The summed E-state index contributed by atoms with van der Waals surface area (Å²) in [6.45, 7) is 7.38. The molecule has 0 aromatic heterocycles. The van der Waals surface area contributed by atoms with Crippen molar-refractivity contribution in [1.82, 2.24) is 14.5 Å². The summed E-state index contributed by atoms with van der Waals surface area (Å²) >= 11 is 0. The summed E-state index contributed by atoms with van der Waals surface area (Å²) in [6, 6.07) is 6.12. The molecule has 0 saturated carbocycles. The second-order valence-corrected chi connectivity index (χ2v) is 9.39. The molecular formula is C20H31N3O5S. The van der Waals surface area contributed by atoms with Gasteiger partial charge in [0.15, 0.2) is 0 Å². The van der Waals surface area contributed by atoms with E-state index in [0.717, 1.165) is 12.0 Å². The van der Waals surface area contributed by atoms with E-state index in [4.69, 9.17) is 4.74 Å². The van der Waals surface area contributed by atoms with Gasteiger partial charge in [-0.25, -0.2) is 13.2 Å². The number of methoxy groups -OCH3 is 1. The summed E-state index contributed by atoms with van der Waals surface area (Å²) in [7, 11) is -2.23. The molecule has 1 N–H and O–H groups in total. The van der Waals surface area contributed by atoms with Gasteiger partial charge in [0.05, 0.1) is 18.6 Å². The third kappa shape index (κ3) is 6.01. The standard InChI is InChI=1S/C20H31N3O5S/c1-5-16(3)19(20(25)28-4)21-18(24)14-22-10-12-23(13-11-22)29(26,27)17-8-6-15(2)7-9-17/h6-9,16,19H,5,10-14H2,1-4H3,(H,21,24)/t16-,19+/m1/s1. The normalized spacial score (nSPS) is 18.1. The molecule has 2 rings (SSSR count). The number of benzene rings is 1. The first kappa shape index (κ1) is 23.3. The van der Waals surface area contributed by atoms with E-state index in [1.54, 1.807) is 24.3 Å². The van der Waals surface area contributed by atoms with Crippen molar-refractivity contribution in [3.8, 4) is 0 Å². The fraction of sp³-hybridized carbons (Fsp3) is 0.600. The Kier molecular flexibility index (Phi) is 8.18. The monoisotopic (exact) mass is 425 g/mol. The Morgan fingerprint density at radius 2 is 1.72 bits per heavy atom. The number of nitrogens with one attached hydrogen (secondary N) is 1. The van der Waals surface area contributed by atoms with Crippen LogP contribution >= 0.6 is 0 Å². The van der Waals surface area contributed by atoms with Crippen molar-refractivity contribution in [2.24, 2.45) is 5.92 Å².